The second-order valence-electron chi connectivity index (χ2n) is 11.3. The summed E-state index contributed by atoms with van der Waals surface area (Å²) in [5, 5.41) is 29.9. The van der Waals surface area contributed by atoms with Crippen LogP contribution in [0.25, 0.3) is 22.1 Å². The van der Waals surface area contributed by atoms with Crippen molar-refractivity contribution < 1.29 is 23.4 Å². The second-order valence-corrected chi connectivity index (χ2v) is 11.3. The summed E-state index contributed by atoms with van der Waals surface area (Å²) in [6.07, 6.45) is -0.803. The fourth-order valence-corrected chi connectivity index (χ4v) is 5.19. The van der Waals surface area contributed by atoms with Crippen molar-refractivity contribution in [3.05, 3.63) is 36.7 Å². The maximum Gasteiger partial charge on any atom is 0.416 e. The van der Waals surface area contributed by atoms with E-state index in [9.17, 15) is 23.4 Å². The maximum atomic E-state index is 13.9. The largest absolute Gasteiger partial charge is 0.416 e. The number of pyridine rings is 2. The van der Waals surface area contributed by atoms with Gasteiger partial charge in [-0.3, -0.25) is 9.97 Å². The molecule has 7 N–H and O–H groups in total. The number of anilines is 4. The Morgan fingerprint density at radius 3 is 2.18 bits per heavy atom. The second kappa shape index (κ2) is 14.8. The van der Waals surface area contributed by atoms with Crippen LogP contribution in [-0.4, -0.2) is 77.6 Å². The Kier molecular flexibility index (Phi) is 11.1. The van der Waals surface area contributed by atoms with E-state index in [4.69, 9.17) is 5.73 Å². The van der Waals surface area contributed by atoms with Crippen LogP contribution in [-0.2, 0) is 0 Å². The molecule has 4 atom stereocenters. The maximum absolute atomic E-state index is 13.9. The third kappa shape index (κ3) is 8.34. The Morgan fingerprint density at radius 2 is 1.58 bits per heavy atom. The van der Waals surface area contributed by atoms with Gasteiger partial charge in [0.05, 0.1) is 23.7 Å². The molecule has 0 aliphatic carbocycles. The van der Waals surface area contributed by atoms with E-state index >= 15 is 0 Å². The first-order valence-electron chi connectivity index (χ1n) is 15.2. The number of rotatable bonds is 16. The highest BCUT2D eigenvalue weighted by Crippen LogP contribution is 2.31. The molecule has 0 spiro atoms. The van der Waals surface area contributed by atoms with Crippen molar-refractivity contribution in [2.24, 2.45) is 5.41 Å². The Hall–Kier alpha value is -4.11. The van der Waals surface area contributed by atoms with Gasteiger partial charge in [-0.2, -0.15) is 23.1 Å². The van der Waals surface area contributed by atoms with Gasteiger partial charge in [-0.1, -0.05) is 33.6 Å². The van der Waals surface area contributed by atoms with Crippen molar-refractivity contribution >= 4 is 45.6 Å². The summed E-state index contributed by atoms with van der Waals surface area (Å²) >= 11 is 0. The van der Waals surface area contributed by atoms with E-state index in [0.29, 0.717) is 35.3 Å². The molecule has 0 saturated carbocycles. The van der Waals surface area contributed by atoms with Crippen LogP contribution in [0.2, 0.25) is 0 Å². The molecule has 0 amide bonds. The average Bonchev–Trinajstić information content (AvgIpc) is 3.03. The fraction of sp³-hybridized carbons (Fsp3) is 0.533. The number of aliphatic hydroxyl groups is 2. The summed E-state index contributed by atoms with van der Waals surface area (Å²) in [6, 6.07) is 4.61. The van der Waals surface area contributed by atoms with E-state index in [1.807, 2.05) is 6.92 Å². The molecular formula is C30H41F3N10O2. The number of halogens is 3. The van der Waals surface area contributed by atoms with Gasteiger partial charge in [-0.25, -0.2) is 9.97 Å². The molecule has 2 unspecified atom stereocenters. The van der Waals surface area contributed by atoms with Crippen molar-refractivity contribution in [3.8, 4) is 0 Å². The molecule has 0 aliphatic heterocycles. The standard InChI is InChI=1S/C30H41F3N10O2/c1-4-7-12-29(6-3,17-44)16-37-25-22-20(11-9-13-35-22)41-28(43-25)38-18(5-2)15-21(24(45)30(31,32)33)39-26-23-19(10-8-14-36-23)40-27(34)42-26/h8-11,13-14,18,21,24,44-45H,4-7,12,15-17H2,1-3H3,(H3,34,39,40,42)(H2,37,38,41,43)/t18?,21-,24-,29?/m1/s1. The Labute approximate surface area is 259 Å². The number of fused-ring (bicyclic) bond motifs is 2. The summed E-state index contributed by atoms with van der Waals surface area (Å²) in [5.41, 5.74) is 7.10. The highest BCUT2D eigenvalue weighted by atomic mass is 19.4. The van der Waals surface area contributed by atoms with Gasteiger partial charge in [-0.05, 0) is 49.9 Å². The number of nitrogens with zero attached hydrogens (tertiary/aromatic N) is 6. The molecule has 4 rings (SSSR count). The minimum atomic E-state index is -4.92. The molecule has 0 bridgehead atoms. The molecule has 0 saturated heterocycles. The third-order valence-electron chi connectivity index (χ3n) is 8.11. The van der Waals surface area contributed by atoms with Crippen LogP contribution in [0.3, 0.4) is 0 Å². The lowest BCUT2D eigenvalue weighted by Gasteiger charge is -2.31. The number of nitrogens with two attached hydrogens (primary N) is 1. The predicted octanol–water partition coefficient (Wildman–Crippen LogP) is 4.92. The van der Waals surface area contributed by atoms with Crippen molar-refractivity contribution in [3.63, 3.8) is 0 Å². The van der Waals surface area contributed by atoms with E-state index < -0.39 is 24.4 Å². The van der Waals surface area contributed by atoms with E-state index in [2.05, 4.69) is 52.8 Å². The molecule has 244 valence electrons. The van der Waals surface area contributed by atoms with Crippen molar-refractivity contribution in [2.45, 2.75) is 83.7 Å². The minimum Gasteiger partial charge on any atom is -0.396 e. The highest BCUT2D eigenvalue weighted by molar-refractivity contribution is 5.86. The number of aromatic nitrogens is 6. The van der Waals surface area contributed by atoms with Gasteiger partial charge in [0.2, 0.25) is 11.9 Å². The molecular weight excluding hydrogens is 589 g/mol. The van der Waals surface area contributed by atoms with Crippen LogP contribution >= 0.6 is 0 Å². The average molecular weight is 631 g/mol. The Bertz CT molecular complexity index is 1550. The number of hydrogen-bond donors (Lipinski definition) is 6. The molecule has 0 fully saturated rings. The van der Waals surface area contributed by atoms with Crippen molar-refractivity contribution in [1.82, 2.24) is 29.9 Å². The van der Waals surface area contributed by atoms with Crippen LogP contribution in [0.1, 0.15) is 59.3 Å². The summed E-state index contributed by atoms with van der Waals surface area (Å²) in [6.45, 7) is 6.41. The van der Waals surface area contributed by atoms with E-state index in [1.165, 1.54) is 6.20 Å². The van der Waals surface area contributed by atoms with Gasteiger partial charge in [0.15, 0.2) is 17.7 Å². The normalized spacial score (nSPS) is 15.4. The summed E-state index contributed by atoms with van der Waals surface area (Å²) < 4.78 is 41.6. The number of alkyl halides is 3. The fourth-order valence-electron chi connectivity index (χ4n) is 5.19. The molecule has 45 heavy (non-hydrogen) atoms. The summed E-state index contributed by atoms with van der Waals surface area (Å²) in [5.74, 6) is 0.458. The smallest absolute Gasteiger partial charge is 0.396 e. The topological polar surface area (TPSA) is 180 Å². The molecule has 0 aliphatic rings. The molecule has 12 nitrogen and oxygen atoms in total. The first kappa shape index (κ1) is 33.8. The molecule has 0 radical (unpaired) electrons. The molecule has 4 aromatic heterocycles. The number of nitrogens with one attached hydrogen (secondary N) is 3. The Morgan fingerprint density at radius 1 is 0.911 bits per heavy atom. The SMILES string of the molecule is CCCCC(CC)(CO)CNc1nc(NC(CC)C[C@@H](Nc2nc(N)nc3cccnc23)[C@@H](O)C(F)(F)F)nc2cccnc12. The Balaban J connectivity index is 1.62. The lowest BCUT2D eigenvalue weighted by Crippen LogP contribution is -2.47. The number of nitrogen functional groups attached to an aromatic ring is 1. The van der Waals surface area contributed by atoms with Crippen LogP contribution in [0, 0.1) is 5.41 Å². The third-order valence-corrected chi connectivity index (χ3v) is 8.11. The van der Waals surface area contributed by atoms with Gasteiger partial charge in [-0.15, -0.1) is 0 Å². The van der Waals surface area contributed by atoms with Crippen LogP contribution < -0.4 is 21.7 Å². The summed E-state index contributed by atoms with van der Waals surface area (Å²) in [4.78, 5) is 26.0. The number of hydrogen-bond acceptors (Lipinski definition) is 12. The zero-order valence-corrected chi connectivity index (χ0v) is 25.6. The lowest BCUT2D eigenvalue weighted by atomic mass is 9.81. The van der Waals surface area contributed by atoms with E-state index in [-0.39, 0.29) is 41.7 Å². The lowest BCUT2D eigenvalue weighted by molar-refractivity contribution is -0.208. The van der Waals surface area contributed by atoms with Crippen molar-refractivity contribution in [2.75, 3.05) is 34.8 Å². The van der Waals surface area contributed by atoms with Gasteiger partial charge >= 0.3 is 6.18 Å². The highest BCUT2D eigenvalue weighted by Gasteiger charge is 2.44. The molecule has 0 aromatic carbocycles. The number of aliphatic hydroxyl groups excluding tert-OH is 2. The minimum absolute atomic E-state index is 0.00860. The molecule has 4 heterocycles. The zero-order valence-electron chi connectivity index (χ0n) is 25.6. The quantitative estimate of drug-likeness (QED) is 0.0985. The predicted molar refractivity (Wildman–Crippen MR) is 169 cm³/mol. The number of unbranched alkanes of at least 4 members (excludes halogenated alkanes) is 1. The first-order valence-corrected chi connectivity index (χ1v) is 15.2. The van der Waals surface area contributed by atoms with Crippen LogP contribution in [0.4, 0.5) is 36.7 Å². The monoisotopic (exact) mass is 630 g/mol. The van der Waals surface area contributed by atoms with E-state index in [1.54, 1.807) is 37.4 Å². The van der Waals surface area contributed by atoms with Crippen LogP contribution in [0.15, 0.2) is 36.7 Å². The van der Waals surface area contributed by atoms with Gasteiger partial charge < -0.3 is 31.9 Å². The first-order chi connectivity index (χ1) is 21.5. The summed E-state index contributed by atoms with van der Waals surface area (Å²) in [7, 11) is 0. The molecule has 15 heteroatoms. The van der Waals surface area contributed by atoms with Crippen LogP contribution in [0.5, 0.6) is 0 Å². The van der Waals surface area contributed by atoms with Crippen molar-refractivity contribution in [1.29, 1.82) is 0 Å². The van der Waals surface area contributed by atoms with Gasteiger partial charge in [0.1, 0.15) is 11.0 Å². The zero-order chi connectivity index (χ0) is 32.6. The molecule has 4 aromatic rings. The van der Waals surface area contributed by atoms with Gasteiger partial charge in [0.25, 0.3) is 0 Å². The van der Waals surface area contributed by atoms with E-state index in [0.717, 1.165) is 25.7 Å². The van der Waals surface area contributed by atoms with Gasteiger partial charge in [0, 0.05) is 30.4 Å².